The smallest absolute Gasteiger partial charge is 0.222 e. The summed E-state index contributed by atoms with van der Waals surface area (Å²) >= 11 is 1.66. The van der Waals surface area contributed by atoms with Gasteiger partial charge in [0.05, 0.1) is 18.1 Å². The molecule has 0 bridgehead atoms. The molecule has 2 aliphatic rings. The fourth-order valence-electron chi connectivity index (χ4n) is 3.31. The Kier molecular flexibility index (Phi) is 8.35. The van der Waals surface area contributed by atoms with Gasteiger partial charge >= 0.3 is 0 Å². The van der Waals surface area contributed by atoms with Crippen LogP contribution in [0.25, 0.3) is 0 Å². The molecule has 2 aliphatic heterocycles. The number of aliphatic imine (C=N–C) groups is 1. The van der Waals surface area contributed by atoms with Crippen LogP contribution in [0.1, 0.15) is 24.1 Å². The molecule has 0 saturated carbocycles. The highest BCUT2D eigenvalue weighted by atomic mass is 127. The topological polar surface area (TPSA) is 90.9 Å². The van der Waals surface area contributed by atoms with E-state index in [1.165, 1.54) is 4.88 Å². The van der Waals surface area contributed by atoms with Crippen LogP contribution in [0.15, 0.2) is 22.5 Å². The van der Waals surface area contributed by atoms with E-state index in [1.807, 2.05) is 24.6 Å². The Balaban J connectivity index is 0.00000261. The number of likely N-dealkylation sites (N-methyl/N-ethyl adjacent to an activating group) is 1. The average molecular weight is 526 g/mol. The maximum Gasteiger partial charge on any atom is 0.222 e. The van der Waals surface area contributed by atoms with Gasteiger partial charge in [-0.3, -0.25) is 4.79 Å². The van der Waals surface area contributed by atoms with Crippen molar-refractivity contribution in [3.05, 3.63) is 22.4 Å². The Morgan fingerprint density at radius 2 is 2.22 bits per heavy atom. The molecule has 3 rings (SSSR count). The number of hydrogen-bond acceptors (Lipinski definition) is 5. The monoisotopic (exact) mass is 526 g/mol. The van der Waals surface area contributed by atoms with Gasteiger partial charge in [0, 0.05) is 37.5 Å². The van der Waals surface area contributed by atoms with Crippen molar-refractivity contribution in [2.24, 2.45) is 10.9 Å². The van der Waals surface area contributed by atoms with E-state index in [0.29, 0.717) is 38.4 Å². The Bertz CT molecular complexity index is 752. The van der Waals surface area contributed by atoms with Crippen LogP contribution < -0.4 is 10.6 Å². The highest BCUT2D eigenvalue weighted by Gasteiger charge is 2.28. The van der Waals surface area contributed by atoms with Crippen molar-refractivity contribution in [2.45, 2.75) is 31.8 Å². The van der Waals surface area contributed by atoms with E-state index < -0.39 is 9.84 Å². The zero-order valence-corrected chi connectivity index (χ0v) is 19.4. The van der Waals surface area contributed by atoms with Crippen LogP contribution in [0, 0.1) is 5.92 Å². The van der Waals surface area contributed by atoms with E-state index in [1.54, 1.807) is 16.2 Å². The predicted octanol–water partition coefficient (Wildman–Crippen LogP) is 1.46. The Morgan fingerprint density at radius 3 is 2.85 bits per heavy atom. The number of nitrogens with one attached hydrogen (secondary N) is 2. The second-order valence-electron chi connectivity index (χ2n) is 7.05. The highest BCUT2D eigenvalue weighted by Crippen LogP contribution is 2.17. The molecule has 0 aliphatic carbocycles. The fourth-order valence-corrected chi connectivity index (χ4v) is 5.80. The number of halogens is 1. The van der Waals surface area contributed by atoms with Crippen molar-refractivity contribution >= 4 is 57.0 Å². The Hall–Kier alpha value is -0.880. The zero-order chi connectivity index (χ0) is 18.6. The minimum Gasteiger partial charge on any atom is -0.356 e. The van der Waals surface area contributed by atoms with E-state index in [4.69, 9.17) is 0 Å². The molecule has 1 amide bonds. The van der Waals surface area contributed by atoms with E-state index >= 15 is 0 Å². The summed E-state index contributed by atoms with van der Waals surface area (Å²) in [6.07, 6.45) is 2.02. The molecule has 27 heavy (non-hydrogen) atoms. The summed E-state index contributed by atoms with van der Waals surface area (Å²) in [6, 6.07) is 4.20. The molecule has 0 spiro atoms. The SMILES string of the molecule is CN1CC(NC(=NCc2cccs2)NCC2CCS(=O)(=O)C2)CCC1=O.I. The molecule has 2 N–H and O–H groups in total. The number of likely N-dealkylation sites (tertiary alicyclic amines) is 1. The maximum absolute atomic E-state index is 11.7. The number of hydrogen-bond donors (Lipinski definition) is 2. The lowest BCUT2D eigenvalue weighted by Crippen LogP contribution is -2.52. The lowest BCUT2D eigenvalue weighted by atomic mass is 10.1. The van der Waals surface area contributed by atoms with E-state index in [-0.39, 0.29) is 53.3 Å². The molecule has 7 nitrogen and oxygen atoms in total. The van der Waals surface area contributed by atoms with Gasteiger partial charge in [-0.05, 0) is 30.2 Å². The first kappa shape index (κ1) is 22.4. The summed E-state index contributed by atoms with van der Waals surface area (Å²) in [6.45, 7) is 1.82. The molecule has 0 aromatic carbocycles. The number of sulfone groups is 1. The first-order valence-electron chi connectivity index (χ1n) is 8.93. The zero-order valence-electron chi connectivity index (χ0n) is 15.4. The van der Waals surface area contributed by atoms with Crippen molar-refractivity contribution in [1.29, 1.82) is 0 Å². The third-order valence-corrected chi connectivity index (χ3v) is 7.52. The number of thiophene rings is 1. The fraction of sp³-hybridized carbons (Fsp3) is 0.647. The molecule has 2 fully saturated rings. The molecular weight excluding hydrogens is 499 g/mol. The van der Waals surface area contributed by atoms with Crippen LogP contribution >= 0.6 is 35.3 Å². The second kappa shape index (κ2) is 10.1. The van der Waals surface area contributed by atoms with Crippen LogP contribution in [0.4, 0.5) is 0 Å². The lowest BCUT2D eigenvalue weighted by Gasteiger charge is -2.31. The lowest BCUT2D eigenvalue weighted by molar-refractivity contribution is -0.132. The largest absolute Gasteiger partial charge is 0.356 e. The van der Waals surface area contributed by atoms with E-state index in [0.717, 1.165) is 6.42 Å². The first-order chi connectivity index (χ1) is 12.4. The van der Waals surface area contributed by atoms with Gasteiger partial charge in [-0.25, -0.2) is 13.4 Å². The van der Waals surface area contributed by atoms with E-state index in [9.17, 15) is 13.2 Å². The molecule has 1 aromatic rings. The van der Waals surface area contributed by atoms with E-state index in [2.05, 4.69) is 15.6 Å². The Morgan fingerprint density at radius 1 is 1.41 bits per heavy atom. The molecule has 2 unspecified atom stereocenters. The third kappa shape index (κ3) is 6.90. The van der Waals surface area contributed by atoms with Crippen LogP contribution in [0.3, 0.4) is 0 Å². The van der Waals surface area contributed by atoms with Crippen molar-refractivity contribution in [1.82, 2.24) is 15.5 Å². The molecule has 152 valence electrons. The van der Waals surface area contributed by atoms with Gasteiger partial charge in [-0.1, -0.05) is 6.07 Å². The summed E-state index contributed by atoms with van der Waals surface area (Å²) in [5.41, 5.74) is 0. The summed E-state index contributed by atoms with van der Waals surface area (Å²) < 4.78 is 23.3. The quantitative estimate of drug-likeness (QED) is 0.345. The molecule has 0 radical (unpaired) electrons. The minimum atomic E-state index is -2.87. The summed E-state index contributed by atoms with van der Waals surface area (Å²) in [5.74, 6) is 1.52. The highest BCUT2D eigenvalue weighted by molar-refractivity contribution is 14.0. The third-order valence-electron chi connectivity index (χ3n) is 4.83. The number of amides is 1. The number of nitrogens with zero attached hydrogens (tertiary/aromatic N) is 2. The maximum atomic E-state index is 11.7. The average Bonchev–Trinajstić information content (AvgIpc) is 3.22. The number of carbonyl (C=O) groups is 1. The van der Waals surface area contributed by atoms with Gasteiger partial charge in [0.15, 0.2) is 15.8 Å². The second-order valence-corrected chi connectivity index (χ2v) is 10.3. The standard InChI is InChI=1S/C17H26N4O3S2.HI/c1-21-11-14(4-5-16(21)22)20-17(19-10-15-3-2-7-25-15)18-9-13-6-8-26(23,24)12-13;/h2-3,7,13-14H,4-6,8-12H2,1H3,(H2,18,19,20);1H. The number of rotatable bonds is 5. The molecule has 2 saturated heterocycles. The van der Waals surface area contributed by atoms with Gasteiger partial charge in [-0.15, -0.1) is 35.3 Å². The summed E-state index contributed by atoms with van der Waals surface area (Å²) in [7, 11) is -1.06. The summed E-state index contributed by atoms with van der Waals surface area (Å²) in [4.78, 5) is 19.2. The van der Waals surface area contributed by atoms with Crippen LogP contribution in [0.2, 0.25) is 0 Å². The number of piperidine rings is 1. The molecule has 1 aromatic heterocycles. The van der Waals surface area contributed by atoms with Crippen LogP contribution in [-0.4, -0.2) is 62.9 Å². The number of guanidine groups is 1. The normalized spacial score (nSPS) is 25.1. The first-order valence-corrected chi connectivity index (χ1v) is 11.6. The molecule has 3 heterocycles. The van der Waals surface area contributed by atoms with Gasteiger partial charge in [-0.2, -0.15) is 0 Å². The Labute approximate surface area is 181 Å². The van der Waals surface area contributed by atoms with Crippen molar-refractivity contribution in [3.8, 4) is 0 Å². The van der Waals surface area contributed by atoms with Crippen molar-refractivity contribution in [2.75, 3.05) is 31.6 Å². The van der Waals surface area contributed by atoms with Gasteiger partial charge in [0.2, 0.25) is 5.91 Å². The molecule has 2 atom stereocenters. The molecular formula is C17H27IN4O3S2. The predicted molar refractivity (Wildman–Crippen MR) is 119 cm³/mol. The molecule has 10 heteroatoms. The van der Waals surface area contributed by atoms with Gasteiger partial charge in [0.1, 0.15) is 0 Å². The van der Waals surface area contributed by atoms with Gasteiger partial charge < -0.3 is 15.5 Å². The van der Waals surface area contributed by atoms with Crippen molar-refractivity contribution in [3.63, 3.8) is 0 Å². The minimum absolute atomic E-state index is 0. The summed E-state index contributed by atoms with van der Waals surface area (Å²) in [5, 5.41) is 8.75. The number of carbonyl (C=O) groups excluding carboxylic acids is 1. The van der Waals surface area contributed by atoms with Crippen LogP contribution in [0.5, 0.6) is 0 Å². The van der Waals surface area contributed by atoms with Crippen LogP contribution in [-0.2, 0) is 21.2 Å². The van der Waals surface area contributed by atoms with Crippen molar-refractivity contribution < 1.29 is 13.2 Å². The van der Waals surface area contributed by atoms with Gasteiger partial charge in [0.25, 0.3) is 0 Å².